The van der Waals surface area contributed by atoms with E-state index in [9.17, 15) is 8.42 Å². The maximum atomic E-state index is 12.2. The first-order valence-corrected chi connectivity index (χ1v) is 8.38. The molecular formula is C12H24N2O3S. The average molecular weight is 276 g/mol. The van der Waals surface area contributed by atoms with Gasteiger partial charge in [-0.05, 0) is 31.1 Å². The van der Waals surface area contributed by atoms with E-state index in [-0.39, 0.29) is 11.8 Å². The molecule has 0 spiro atoms. The van der Waals surface area contributed by atoms with Crippen molar-refractivity contribution in [1.82, 2.24) is 4.31 Å². The first-order chi connectivity index (χ1) is 8.54. The van der Waals surface area contributed by atoms with E-state index in [1.165, 1.54) is 0 Å². The van der Waals surface area contributed by atoms with Crippen molar-refractivity contribution >= 4 is 10.0 Å². The van der Waals surface area contributed by atoms with Crippen LogP contribution in [0.3, 0.4) is 0 Å². The number of rotatable bonds is 5. The van der Waals surface area contributed by atoms with Gasteiger partial charge < -0.3 is 10.5 Å². The molecule has 2 fully saturated rings. The third kappa shape index (κ3) is 3.04. The highest BCUT2D eigenvalue weighted by atomic mass is 32.2. The van der Waals surface area contributed by atoms with Crippen molar-refractivity contribution in [3.63, 3.8) is 0 Å². The predicted octanol–water partition coefficient (Wildman–Crippen LogP) is 0.412. The molecule has 0 amide bonds. The molecule has 3 atom stereocenters. The van der Waals surface area contributed by atoms with Crippen LogP contribution in [0.1, 0.15) is 25.7 Å². The van der Waals surface area contributed by atoms with Crippen LogP contribution in [0.4, 0.5) is 0 Å². The Bertz CT molecular complexity index is 372. The molecule has 3 unspecified atom stereocenters. The summed E-state index contributed by atoms with van der Waals surface area (Å²) in [5.74, 6) is 1.04. The molecule has 1 saturated carbocycles. The van der Waals surface area contributed by atoms with Gasteiger partial charge in [0.2, 0.25) is 10.0 Å². The van der Waals surface area contributed by atoms with Crippen LogP contribution in [0.5, 0.6) is 0 Å². The van der Waals surface area contributed by atoms with Crippen molar-refractivity contribution in [3.05, 3.63) is 0 Å². The summed E-state index contributed by atoms with van der Waals surface area (Å²) < 4.78 is 30.9. The van der Waals surface area contributed by atoms with Gasteiger partial charge in [-0.25, -0.2) is 12.7 Å². The number of ether oxygens (including phenoxy) is 1. The summed E-state index contributed by atoms with van der Waals surface area (Å²) in [6, 6.07) is 0.183. The molecule has 106 valence electrons. The van der Waals surface area contributed by atoms with E-state index in [1.807, 2.05) is 0 Å². The fourth-order valence-corrected chi connectivity index (χ4v) is 4.78. The second kappa shape index (κ2) is 5.86. The smallest absolute Gasteiger partial charge is 0.214 e. The topological polar surface area (TPSA) is 72.6 Å². The van der Waals surface area contributed by atoms with Gasteiger partial charge in [0, 0.05) is 32.8 Å². The zero-order valence-corrected chi connectivity index (χ0v) is 11.9. The summed E-state index contributed by atoms with van der Waals surface area (Å²) in [5.41, 5.74) is 6.11. The van der Waals surface area contributed by atoms with Crippen LogP contribution in [-0.4, -0.2) is 51.3 Å². The Kier molecular flexibility index (Phi) is 4.64. The Morgan fingerprint density at radius 2 is 2.11 bits per heavy atom. The van der Waals surface area contributed by atoms with E-state index >= 15 is 0 Å². The monoisotopic (exact) mass is 276 g/mol. The van der Waals surface area contributed by atoms with E-state index in [0.717, 1.165) is 19.3 Å². The zero-order chi connectivity index (χ0) is 13.2. The van der Waals surface area contributed by atoms with Crippen molar-refractivity contribution < 1.29 is 13.2 Å². The number of nitrogens with zero attached hydrogens (tertiary/aromatic N) is 1. The largest absolute Gasteiger partial charge is 0.385 e. The third-order valence-corrected chi connectivity index (χ3v) is 6.15. The molecule has 2 rings (SSSR count). The highest BCUT2D eigenvalue weighted by molar-refractivity contribution is 7.89. The molecule has 1 aliphatic heterocycles. The van der Waals surface area contributed by atoms with Gasteiger partial charge in [-0.1, -0.05) is 6.42 Å². The molecule has 2 aliphatic rings. The molecule has 1 saturated heterocycles. The van der Waals surface area contributed by atoms with E-state index in [0.29, 0.717) is 38.0 Å². The second-order valence-electron chi connectivity index (χ2n) is 5.50. The molecule has 0 radical (unpaired) electrons. The minimum Gasteiger partial charge on any atom is -0.385 e. The first-order valence-electron chi connectivity index (χ1n) is 6.77. The van der Waals surface area contributed by atoms with Gasteiger partial charge in [0.1, 0.15) is 0 Å². The number of fused-ring (bicyclic) bond motifs is 1. The number of nitrogens with two attached hydrogens (primary N) is 1. The van der Waals surface area contributed by atoms with Crippen LogP contribution in [0.2, 0.25) is 0 Å². The van der Waals surface area contributed by atoms with Crippen LogP contribution >= 0.6 is 0 Å². The van der Waals surface area contributed by atoms with Gasteiger partial charge in [0.25, 0.3) is 0 Å². The molecule has 1 aliphatic carbocycles. The SMILES string of the molecule is COCCCS(=O)(=O)N1CC2CCCC(N)C2C1. The highest BCUT2D eigenvalue weighted by Crippen LogP contribution is 2.36. The molecule has 1 heterocycles. The number of methoxy groups -OCH3 is 1. The van der Waals surface area contributed by atoms with Gasteiger partial charge in [-0.15, -0.1) is 0 Å². The third-order valence-electron chi connectivity index (χ3n) is 4.26. The Hall–Kier alpha value is -0.170. The normalized spacial score (nSPS) is 33.6. The quantitative estimate of drug-likeness (QED) is 0.738. The molecule has 0 bridgehead atoms. The molecule has 2 N–H and O–H groups in total. The summed E-state index contributed by atoms with van der Waals surface area (Å²) in [4.78, 5) is 0. The van der Waals surface area contributed by atoms with Crippen LogP contribution in [-0.2, 0) is 14.8 Å². The summed E-state index contributed by atoms with van der Waals surface area (Å²) in [6.07, 6.45) is 3.87. The molecular weight excluding hydrogens is 252 g/mol. The summed E-state index contributed by atoms with van der Waals surface area (Å²) >= 11 is 0. The van der Waals surface area contributed by atoms with E-state index in [4.69, 9.17) is 10.5 Å². The number of hydrogen-bond donors (Lipinski definition) is 1. The predicted molar refractivity (Wildman–Crippen MR) is 70.7 cm³/mol. The van der Waals surface area contributed by atoms with Crippen molar-refractivity contribution in [3.8, 4) is 0 Å². The van der Waals surface area contributed by atoms with Crippen molar-refractivity contribution in [2.45, 2.75) is 31.7 Å². The van der Waals surface area contributed by atoms with Crippen LogP contribution < -0.4 is 5.73 Å². The molecule has 0 aromatic rings. The minimum atomic E-state index is -3.12. The average Bonchev–Trinajstić information content (AvgIpc) is 2.75. The van der Waals surface area contributed by atoms with E-state index < -0.39 is 10.0 Å². The van der Waals surface area contributed by atoms with Crippen LogP contribution in [0, 0.1) is 11.8 Å². The summed E-state index contributed by atoms with van der Waals surface area (Å²) in [6.45, 7) is 1.80. The van der Waals surface area contributed by atoms with Gasteiger partial charge in [0.15, 0.2) is 0 Å². The van der Waals surface area contributed by atoms with Crippen LogP contribution in [0.25, 0.3) is 0 Å². The van der Waals surface area contributed by atoms with E-state index in [1.54, 1.807) is 11.4 Å². The Balaban J connectivity index is 1.94. The van der Waals surface area contributed by atoms with Gasteiger partial charge in [0.05, 0.1) is 5.75 Å². The van der Waals surface area contributed by atoms with Gasteiger partial charge in [-0.2, -0.15) is 0 Å². The second-order valence-corrected chi connectivity index (χ2v) is 7.59. The zero-order valence-electron chi connectivity index (χ0n) is 11.0. The molecule has 18 heavy (non-hydrogen) atoms. The fraction of sp³-hybridized carbons (Fsp3) is 1.00. The van der Waals surface area contributed by atoms with E-state index in [2.05, 4.69) is 0 Å². The minimum absolute atomic E-state index is 0.183. The lowest BCUT2D eigenvalue weighted by Gasteiger charge is -2.29. The van der Waals surface area contributed by atoms with Crippen molar-refractivity contribution in [2.24, 2.45) is 17.6 Å². The first kappa shape index (κ1) is 14.2. The lowest BCUT2D eigenvalue weighted by molar-refractivity contribution is 0.199. The molecule has 0 aromatic heterocycles. The standard InChI is InChI=1S/C12H24N2O3S/c1-17-6-3-7-18(15,16)14-8-10-4-2-5-12(13)11(10)9-14/h10-12H,2-9,13H2,1H3. The molecule has 5 nitrogen and oxygen atoms in total. The maximum Gasteiger partial charge on any atom is 0.214 e. The Labute approximate surface area is 110 Å². The summed E-state index contributed by atoms with van der Waals surface area (Å²) in [7, 11) is -1.52. The van der Waals surface area contributed by atoms with Gasteiger partial charge in [-0.3, -0.25) is 0 Å². The van der Waals surface area contributed by atoms with Crippen molar-refractivity contribution in [2.75, 3.05) is 32.6 Å². The Morgan fingerprint density at radius 3 is 2.78 bits per heavy atom. The molecule has 6 heteroatoms. The van der Waals surface area contributed by atoms with Crippen molar-refractivity contribution in [1.29, 1.82) is 0 Å². The lowest BCUT2D eigenvalue weighted by atomic mass is 9.78. The maximum absolute atomic E-state index is 12.2. The Morgan fingerprint density at radius 1 is 1.33 bits per heavy atom. The fourth-order valence-electron chi connectivity index (χ4n) is 3.22. The van der Waals surface area contributed by atoms with Crippen LogP contribution in [0.15, 0.2) is 0 Å². The number of hydrogen-bond acceptors (Lipinski definition) is 4. The number of sulfonamides is 1. The lowest BCUT2D eigenvalue weighted by Crippen LogP contribution is -2.38. The summed E-state index contributed by atoms with van der Waals surface area (Å²) in [5, 5.41) is 0. The highest BCUT2D eigenvalue weighted by Gasteiger charge is 2.42. The molecule has 0 aromatic carbocycles. The van der Waals surface area contributed by atoms with Gasteiger partial charge >= 0.3 is 0 Å².